The van der Waals surface area contributed by atoms with Crippen LogP contribution in [0.2, 0.25) is 0 Å². The summed E-state index contributed by atoms with van der Waals surface area (Å²) in [6.07, 6.45) is -1.61. The molecule has 2 N–H and O–H groups in total. The third-order valence-electron chi connectivity index (χ3n) is 4.99. The second-order valence-corrected chi connectivity index (χ2v) is 7.36. The smallest absolute Gasteiger partial charge is 0.418 e. The molecule has 3 aromatic heterocycles. The maximum atomic E-state index is 13.0. The number of fused-ring (bicyclic) bond motifs is 1. The molecule has 4 aromatic rings. The van der Waals surface area contributed by atoms with Crippen molar-refractivity contribution in [2.45, 2.75) is 26.4 Å². The van der Waals surface area contributed by atoms with Crippen LogP contribution in [0.5, 0.6) is 5.88 Å². The van der Waals surface area contributed by atoms with Crippen LogP contribution in [0.3, 0.4) is 0 Å². The monoisotopic (exact) mass is 455 g/mol. The minimum Gasteiger partial charge on any atom is -0.476 e. The van der Waals surface area contributed by atoms with Crippen LogP contribution in [-0.4, -0.2) is 32.7 Å². The van der Waals surface area contributed by atoms with Gasteiger partial charge in [-0.15, -0.1) is 5.10 Å². The predicted molar refractivity (Wildman–Crippen MR) is 117 cm³/mol. The number of alkyl halides is 3. The summed E-state index contributed by atoms with van der Waals surface area (Å²) >= 11 is 0. The summed E-state index contributed by atoms with van der Waals surface area (Å²) in [5, 5.41) is 10.2. The van der Waals surface area contributed by atoms with E-state index in [-0.39, 0.29) is 17.8 Å². The summed E-state index contributed by atoms with van der Waals surface area (Å²) in [5.41, 5.74) is 2.04. The third kappa shape index (κ3) is 4.94. The highest BCUT2D eigenvalue weighted by molar-refractivity contribution is 5.92. The van der Waals surface area contributed by atoms with E-state index >= 15 is 0 Å². The molecule has 0 saturated carbocycles. The highest BCUT2D eigenvalue weighted by Gasteiger charge is 2.33. The van der Waals surface area contributed by atoms with Gasteiger partial charge in [-0.1, -0.05) is 24.3 Å². The van der Waals surface area contributed by atoms with Crippen molar-refractivity contribution in [3.63, 3.8) is 0 Å². The van der Waals surface area contributed by atoms with E-state index in [1.165, 1.54) is 13.1 Å². The first-order chi connectivity index (χ1) is 15.7. The molecular weight excluding hydrogens is 435 g/mol. The Balaban J connectivity index is 1.46. The van der Waals surface area contributed by atoms with Gasteiger partial charge < -0.3 is 10.1 Å². The van der Waals surface area contributed by atoms with Gasteiger partial charge in [0, 0.05) is 17.5 Å². The second-order valence-electron chi connectivity index (χ2n) is 7.36. The maximum Gasteiger partial charge on any atom is 0.418 e. The number of carbonyl (C=O) groups excluding carboxylic acids is 1. The summed E-state index contributed by atoms with van der Waals surface area (Å²) in [6.45, 7) is 3.63. The van der Waals surface area contributed by atoms with Gasteiger partial charge in [0.25, 0.3) is 0 Å². The van der Waals surface area contributed by atoms with Crippen molar-refractivity contribution in [1.29, 1.82) is 0 Å². The van der Waals surface area contributed by atoms with Crippen LogP contribution in [0.4, 0.5) is 18.9 Å². The number of benzene rings is 1. The highest BCUT2D eigenvalue weighted by Crippen LogP contribution is 2.32. The number of hydrogen-bond acceptors (Lipinski definition) is 5. The lowest BCUT2D eigenvalue weighted by Gasteiger charge is -2.12. The number of halogens is 3. The lowest BCUT2D eigenvalue weighted by Crippen LogP contribution is -2.16. The van der Waals surface area contributed by atoms with Crippen molar-refractivity contribution in [2.75, 3.05) is 11.9 Å². The van der Waals surface area contributed by atoms with Crippen molar-refractivity contribution < 1.29 is 22.7 Å². The van der Waals surface area contributed by atoms with E-state index in [1.807, 2.05) is 25.1 Å². The fraction of sp³-hybridized carbons (Fsp3) is 0.217. The molecule has 0 saturated heterocycles. The van der Waals surface area contributed by atoms with Gasteiger partial charge in [0.15, 0.2) is 5.65 Å². The zero-order chi connectivity index (χ0) is 23.6. The van der Waals surface area contributed by atoms with E-state index in [2.05, 4.69) is 25.5 Å². The molecule has 0 atom stereocenters. The average Bonchev–Trinajstić information content (AvgIpc) is 3.17. The number of amides is 1. The molecular formula is C23H20F3N5O2. The Kier molecular flexibility index (Phi) is 5.99. The summed E-state index contributed by atoms with van der Waals surface area (Å²) in [6, 6.07) is 10.1. The third-order valence-corrected chi connectivity index (χ3v) is 4.99. The Bertz CT molecular complexity index is 1300. The fourth-order valence-electron chi connectivity index (χ4n) is 3.38. The molecule has 170 valence electrons. The van der Waals surface area contributed by atoms with Gasteiger partial charge in [-0.25, -0.2) is 4.98 Å². The van der Waals surface area contributed by atoms with Crippen LogP contribution in [0, 0.1) is 6.92 Å². The molecule has 0 radical (unpaired) electrons. The van der Waals surface area contributed by atoms with E-state index in [4.69, 9.17) is 4.74 Å². The molecule has 0 aliphatic rings. The van der Waals surface area contributed by atoms with Crippen molar-refractivity contribution in [2.24, 2.45) is 0 Å². The molecule has 0 fully saturated rings. The van der Waals surface area contributed by atoms with E-state index in [1.54, 1.807) is 18.3 Å². The van der Waals surface area contributed by atoms with Gasteiger partial charge in [-0.05, 0) is 37.1 Å². The summed E-state index contributed by atoms with van der Waals surface area (Å²) in [4.78, 5) is 20.4. The Hall–Kier alpha value is -3.95. The Morgan fingerprint density at radius 3 is 2.55 bits per heavy atom. The molecule has 0 bridgehead atoms. The molecule has 33 heavy (non-hydrogen) atoms. The first-order valence-corrected chi connectivity index (χ1v) is 10.1. The van der Waals surface area contributed by atoms with Crippen LogP contribution in [-0.2, 0) is 17.4 Å². The molecule has 0 unspecified atom stereocenters. The van der Waals surface area contributed by atoms with Gasteiger partial charge in [-0.2, -0.15) is 13.2 Å². The molecule has 1 amide bonds. The van der Waals surface area contributed by atoms with Gasteiger partial charge in [0.05, 0.1) is 35.9 Å². The number of aryl methyl sites for hydroxylation is 1. The number of nitrogens with one attached hydrogen (secondary N) is 2. The molecule has 10 heteroatoms. The SMILES string of the molecule is CCOc1n[nH]c2ncc(-c3ccc(CC(=O)Nc4cnc(C)c(C(F)(F)F)c4)cc3)cc12. The zero-order valence-corrected chi connectivity index (χ0v) is 17.8. The second kappa shape index (κ2) is 8.89. The summed E-state index contributed by atoms with van der Waals surface area (Å²) in [5.74, 6) is 0.0405. The van der Waals surface area contributed by atoms with Crippen LogP contribution >= 0.6 is 0 Å². The normalized spacial score (nSPS) is 11.5. The van der Waals surface area contributed by atoms with Gasteiger partial charge >= 0.3 is 6.18 Å². The quantitative estimate of drug-likeness (QED) is 0.430. The molecule has 7 nitrogen and oxygen atoms in total. The van der Waals surface area contributed by atoms with Crippen molar-refractivity contribution in [1.82, 2.24) is 20.2 Å². The molecule has 4 rings (SSSR count). The molecule has 1 aromatic carbocycles. The Morgan fingerprint density at radius 1 is 1.09 bits per heavy atom. The molecule has 0 aliphatic carbocycles. The van der Waals surface area contributed by atoms with Crippen LogP contribution in [0.1, 0.15) is 23.7 Å². The minimum atomic E-state index is -4.54. The predicted octanol–water partition coefficient (Wildman–Crippen LogP) is 4.93. The lowest BCUT2D eigenvalue weighted by atomic mass is 10.0. The van der Waals surface area contributed by atoms with Crippen molar-refractivity contribution in [3.05, 3.63) is 65.6 Å². The van der Waals surface area contributed by atoms with Crippen molar-refractivity contribution >= 4 is 22.6 Å². The van der Waals surface area contributed by atoms with Crippen molar-refractivity contribution in [3.8, 4) is 17.0 Å². The average molecular weight is 455 g/mol. The molecule has 0 aliphatic heterocycles. The van der Waals surface area contributed by atoms with E-state index < -0.39 is 17.6 Å². The maximum absolute atomic E-state index is 13.0. The number of aromatic amines is 1. The number of H-pyrrole nitrogens is 1. The Morgan fingerprint density at radius 2 is 1.85 bits per heavy atom. The van der Waals surface area contributed by atoms with E-state index in [0.29, 0.717) is 23.7 Å². The van der Waals surface area contributed by atoms with Gasteiger partial charge in [0.1, 0.15) is 0 Å². The summed E-state index contributed by atoms with van der Waals surface area (Å²) < 4.78 is 44.6. The fourth-order valence-corrected chi connectivity index (χ4v) is 3.38. The van der Waals surface area contributed by atoms with Crippen LogP contribution in [0.25, 0.3) is 22.2 Å². The summed E-state index contributed by atoms with van der Waals surface area (Å²) in [7, 11) is 0. The minimum absolute atomic E-state index is 0.000800. The van der Waals surface area contributed by atoms with Gasteiger partial charge in [0.2, 0.25) is 11.8 Å². The largest absolute Gasteiger partial charge is 0.476 e. The lowest BCUT2D eigenvalue weighted by molar-refractivity contribution is -0.138. The highest BCUT2D eigenvalue weighted by atomic mass is 19.4. The number of carbonyl (C=O) groups is 1. The number of pyridine rings is 2. The van der Waals surface area contributed by atoms with E-state index in [0.717, 1.165) is 22.6 Å². The number of aromatic nitrogens is 4. The van der Waals surface area contributed by atoms with Gasteiger partial charge in [-0.3, -0.25) is 14.9 Å². The first-order valence-electron chi connectivity index (χ1n) is 10.1. The number of nitrogens with zero attached hydrogens (tertiary/aromatic N) is 3. The first kappa shape index (κ1) is 22.3. The van der Waals surface area contributed by atoms with E-state index in [9.17, 15) is 18.0 Å². The number of rotatable bonds is 6. The number of hydrogen-bond donors (Lipinski definition) is 2. The Labute approximate surface area is 187 Å². The molecule has 0 spiro atoms. The molecule has 3 heterocycles. The standard InChI is InChI=1S/C23H20F3N5O2/c1-3-33-22-18-9-16(11-28-21(18)30-31-22)15-6-4-14(5-7-15)8-20(32)29-17-10-19(23(24,25)26)13(2)27-12-17/h4-7,9-12H,3,8H2,1-2H3,(H,29,32)(H,28,30,31). The zero-order valence-electron chi connectivity index (χ0n) is 17.8. The number of anilines is 1. The topological polar surface area (TPSA) is 92.8 Å². The van der Waals surface area contributed by atoms with Crippen LogP contribution in [0.15, 0.2) is 48.8 Å². The number of ether oxygens (including phenoxy) is 1. The van der Waals surface area contributed by atoms with Crippen LogP contribution < -0.4 is 10.1 Å².